The van der Waals surface area contributed by atoms with Crippen LogP contribution in [0.3, 0.4) is 0 Å². The van der Waals surface area contributed by atoms with Crippen LogP contribution in [0.5, 0.6) is 0 Å². The number of rotatable bonds is 7. The molecule has 0 heterocycles. The Labute approximate surface area is 116 Å². The van der Waals surface area contributed by atoms with Gasteiger partial charge in [-0.05, 0) is 19.1 Å². The van der Waals surface area contributed by atoms with Gasteiger partial charge in [0.2, 0.25) is 10.0 Å². The molecule has 0 saturated heterocycles. The van der Waals surface area contributed by atoms with Crippen molar-refractivity contribution in [2.75, 3.05) is 19.1 Å². The lowest BCUT2D eigenvalue weighted by Gasteiger charge is -2.13. The van der Waals surface area contributed by atoms with E-state index in [0.717, 1.165) is 6.07 Å². The van der Waals surface area contributed by atoms with Crippen molar-refractivity contribution >= 4 is 21.4 Å². The van der Waals surface area contributed by atoms with Crippen LogP contribution in [-0.4, -0.2) is 33.1 Å². The lowest BCUT2D eigenvalue weighted by Crippen LogP contribution is -2.35. The highest BCUT2D eigenvalue weighted by atomic mass is 32.2. The molecular weight excluding hydrogens is 288 g/mol. The molecule has 0 spiro atoms. The standard InChI is InChI=1S/C10H16N4O5S/c1-7(6-19-2)13-20(17,18)8-3-4-9(12-11)10(5-8)14(15)16/h3-5,7,12-13H,6,11H2,1-2H3. The minimum Gasteiger partial charge on any atom is -0.383 e. The first-order valence-corrected chi connectivity index (χ1v) is 7.06. The maximum Gasteiger partial charge on any atom is 0.294 e. The molecule has 1 aromatic rings. The molecule has 1 unspecified atom stereocenters. The number of hydrogen-bond acceptors (Lipinski definition) is 7. The number of methoxy groups -OCH3 is 1. The fraction of sp³-hybridized carbons (Fsp3) is 0.400. The predicted octanol–water partition coefficient (Wildman–Crippen LogP) is 0.194. The van der Waals surface area contributed by atoms with E-state index in [9.17, 15) is 18.5 Å². The third kappa shape index (κ3) is 3.87. The number of nitrogen functional groups attached to an aromatic ring is 1. The number of ether oxygens (including phenoxy) is 1. The Balaban J connectivity index is 3.13. The number of anilines is 1. The summed E-state index contributed by atoms with van der Waals surface area (Å²) in [6, 6.07) is 2.94. The molecular formula is C10H16N4O5S. The van der Waals surface area contributed by atoms with Crippen LogP contribution in [0.1, 0.15) is 6.92 Å². The van der Waals surface area contributed by atoms with E-state index in [1.807, 2.05) is 0 Å². The van der Waals surface area contributed by atoms with E-state index in [2.05, 4.69) is 10.1 Å². The number of benzene rings is 1. The summed E-state index contributed by atoms with van der Waals surface area (Å²) in [6.45, 7) is 1.80. The third-order valence-corrected chi connectivity index (χ3v) is 3.99. The summed E-state index contributed by atoms with van der Waals surface area (Å²) < 4.78 is 31.3. The summed E-state index contributed by atoms with van der Waals surface area (Å²) in [5, 5.41) is 10.9. The SMILES string of the molecule is COCC(C)NS(=O)(=O)c1ccc(NN)c([N+](=O)[O-])c1. The van der Waals surface area contributed by atoms with Gasteiger partial charge in [0.05, 0.1) is 16.4 Å². The Morgan fingerprint density at radius 3 is 2.65 bits per heavy atom. The molecule has 0 aliphatic rings. The zero-order chi connectivity index (χ0) is 15.3. The Bertz CT molecular complexity index is 589. The fourth-order valence-corrected chi connectivity index (χ4v) is 2.82. The minimum absolute atomic E-state index is 0.0267. The van der Waals surface area contributed by atoms with Gasteiger partial charge >= 0.3 is 0 Å². The molecule has 1 rings (SSSR count). The number of nitrogens with one attached hydrogen (secondary N) is 2. The molecule has 1 atom stereocenters. The van der Waals surface area contributed by atoms with Crippen molar-refractivity contribution < 1.29 is 18.1 Å². The van der Waals surface area contributed by atoms with Gasteiger partial charge in [-0.2, -0.15) is 0 Å². The van der Waals surface area contributed by atoms with Crippen molar-refractivity contribution in [1.82, 2.24) is 4.72 Å². The largest absolute Gasteiger partial charge is 0.383 e. The summed E-state index contributed by atoms with van der Waals surface area (Å²) in [7, 11) is -2.42. The zero-order valence-corrected chi connectivity index (χ0v) is 11.8. The van der Waals surface area contributed by atoms with Crippen LogP contribution >= 0.6 is 0 Å². The van der Waals surface area contributed by atoms with Gasteiger partial charge in [0.25, 0.3) is 5.69 Å². The molecule has 9 nitrogen and oxygen atoms in total. The van der Waals surface area contributed by atoms with E-state index in [1.54, 1.807) is 6.92 Å². The minimum atomic E-state index is -3.87. The zero-order valence-electron chi connectivity index (χ0n) is 11.0. The highest BCUT2D eigenvalue weighted by Gasteiger charge is 2.22. The van der Waals surface area contributed by atoms with Crippen molar-refractivity contribution in [3.05, 3.63) is 28.3 Å². The number of nitrogens with two attached hydrogens (primary N) is 1. The summed E-state index contributed by atoms with van der Waals surface area (Å²) in [4.78, 5) is 9.93. The Morgan fingerprint density at radius 1 is 1.50 bits per heavy atom. The molecule has 0 bridgehead atoms. The van der Waals surface area contributed by atoms with Crippen LogP contribution in [0.4, 0.5) is 11.4 Å². The van der Waals surface area contributed by atoms with E-state index in [0.29, 0.717) is 0 Å². The second-order valence-corrected chi connectivity index (χ2v) is 5.77. The molecule has 20 heavy (non-hydrogen) atoms. The van der Waals surface area contributed by atoms with E-state index >= 15 is 0 Å². The summed E-state index contributed by atoms with van der Waals surface area (Å²) in [5.74, 6) is 5.13. The lowest BCUT2D eigenvalue weighted by atomic mass is 10.3. The smallest absolute Gasteiger partial charge is 0.294 e. The first kappa shape index (κ1) is 16.3. The molecule has 1 aromatic carbocycles. The first-order chi connectivity index (χ1) is 9.31. The topological polar surface area (TPSA) is 137 Å². The molecule has 0 aromatic heterocycles. The third-order valence-electron chi connectivity index (χ3n) is 2.40. The van der Waals surface area contributed by atoms with E-state index in [-0.39, 0.29) is 17.2 Å². The Kier molecular flexibility index (Phi) is 5.39. The Morgan fingerprint density at radius 2 is 2.15 bits per heavy atom. The molecule has 112 valence electrons. The summed E-state index contributed by atoms with van der Waals surface area (Å²) in [5.41, 5.74) is 1.74. The number of nitro groups is 1. The molecule has 4 N–H and O–H groups in total. The predicted molar refractivity (Wildman–Crippen MR) is 72.6 cm³/mol. The van der Waals surface area contributed by atoms with Crippen LogP contribution < -0.4 is 16.0 Å². The van der Waals surface area contributed by atoms with Crippen molar-refractivity contribution in [3.63, 3.8) is 0 Å². The average Bonchev–Trinajstić information content (AvgIpc) is 2.37. The van der Waals surface area contributed by atoms with Gasteiger partial charge in [0, 0.05) is 19.2 Å². The second-order valence-electron chi connectivity index (χ2n) is 4.06. The number of nitro benzene ring substituents is 1. The maximum atomic E-state index is 12.1. The van der Waals surface area contributed by atoms with Gasteiger partial charge in [-0.3, -0.25) is 16.0 Å². The van der Waals surface area contributed by atoms with Gasteiger partial charge in [-0.25, -0.2) is 13.1 Å². The van der Waals surface area contributed by atoms with Crippen molar-refractivity contribution in [2.45, 2.75) is 17.9 Å². The molecule has 0 saturated carbocycles. The van der Waals surface area contributed by atoms with Crippen molar-refractivity contribution in [3.8, 4) is 0 Å². The molecule has 0 aliphatic heterocycles. The molecule has 0 radical (unpaired) electrons. The second kappa shape index (κ2) is 6.61. The molecule has 0 amide bonds. The monoisotopic (exact) mass is 304 g/mol. The van der Waals surface area contributed by atoms with Crippen LogP contribution in [0.25, 0.3) is 0 Å². The number of hydrazine groups is 1. The number of hydrogen-bond donors (Lipinski definition) is 3. The lowest BCUT2D eigenvalue weighted by molar-refractivity contribution is -0.384. The highest BCUT2D eigenvalue weighted by Crippen LogP contribution is 2.26. The van der Waals surface area contributed by atoms with Crippen LogP contribution in [0, 0.1) is 10.1 Å². The first-order valence-electron chi connectivity index (χ1n) is 5.58. The van der Waals surface area contributed by atoms with Gasteiger partial charge in [-0.1, -0.05) is 0 Å². The van der Waals surface area contributed by atoms with Crippen LogP contribution in [0.2, 0.25) is 0 Å². The van der Waals surface area contributed by atoms with E-state index in [1.165, 1.54) is 19.2 Å². The molecule has 0 fully saturated rings. The van der Waals surface area contributed by atoms with E-state index < -0.39 is 26.7 Å². The summed E-state index contributed by atoms with van der Waals surface area (Å²) in [6.07, 6.45) is 0. The van der Waals surface area contributed by atoms with Crippen molar-refractivity contribution in [2.24, 2.45) is 5.84 Å². The van der Waals surface area contributed by atoms with Crippen LogP contribution in [-0.2, 0) is 14.8 Å². The average molecular weight is 304 g/mol. The van der Waals surface area contributed by atoms with Crippen molar-refractivity contribution in [1.29, 1.82) is 0 Å². The number of nitrogens with zero attached hydrogens (tertiary/aromatic N) is 1. The van der Waals surface area contributed by atoms with Gasteiger partial charge in [0.15, 0.2) is 0 Å². The van der Waals surface area contributed by atoms with E-state index in [4.69, 9.17) is 10.6 Å². The number of sulfonamides is 1. The highest BCUT2D eigenvalue weighted by molar-refractivity contribution is 7.89. The van der Waals surface area contributed by atoms with Crippen LogP contribution in [0.15, 0.2) is 23.1 Å². The van der Waals surface area contributed by atoms with Gasteiger partial charge < -0.3 is 10.2 Å². The van der Waals surface area contributed by atoms with Gasteiger partial charge in [-0.15, -0.1) is 0 Å². The quantitative estimate of drug-likeness (QED) is 0.371. The molecule has 10 heteroatoms. The normalized spacial score (nSPS) is 12.9. The molecule has 0 aliphatic carbocycles. The van der Waals surface area contributed by atoms with Gasteiger partial charge in [0.1, 0.15) is 5.69 Å². The summed E-state index contributed by atoms with van der Waals surface area (Å²) >= 11 is 0. The maximum absolute atomic E-state index is 12.1. The Hall–Kier alpha value is -1.75. The fourth-order valence-electron chi connectivity index (χ4n) is 1.57.